The standard InChI is InChI=1S/C51H83ClN6O15S/c1-40-10-11-42(45(36-40)58(62)63)8-6-17-64-20-22-66-24-26-68-28-30-70-32-34-72-35-33-71-31-29-69-27-25-67-23-21-65-18-7-9-48(60)73-19-12-43-38-55(50(61)44-39-56(14-13-53-44)51(3,4)5)15-16-57(43)47(59)37-46-54-41(2)49(52)74-46/h10-11,36,43-44,53H,6-9,12-35,37-39H2,1-5H3. The summed E-state index contributed by atoms with van der Waals surface area (Å²) in [5, 5.41) is 15.3. The third-order valence-corrected chi connectivity index (χ3v) is 13.6. The molecule has 2 aliphatic heterocycles. The molecule has 1 N–H and O–H groups in total. The average Bonchev–Trinajstić information content (AvgIpc) is 3.69. The fraction of sp³-hybridized carbons (Fsp3) is 0.765. The number of benzene rings is 1. The maximum atomic E-state index is 13.8. The van der Waals surface area contributed by atoms with Gasteiger partial charge in [-0.2, -0.15) is 0 Å². The van der Waals surface area contributed by atoms with Crippen LogP contribution in [0.15, 0.2) is 18.2 Å². The highest BCUT2D eigenvalue weighted by atomic mass is 35.5. The number of nitro benzene ring substituents is 1. The number of halogens is 1. The van der Waals surface area contributed by atoms with E-state index in [0.717, 1.165) is 24.2 Å². The number of nitrogens with zero attached hydrogens (tertiary/aromatic N) is 5. The Bertz CT molecular complexity index is 1910. The number of thiazole rings is 1. The second-order valence-corrected chi connectivity index (χ2v) is 20.6. The van der Waals surface area contributed by atoms with E-state index >= 15 is 0 Å². The molecular weight excluding hydrogens is 1000 g/mol. The molecule has 0 bridgehead atoms. The third-order valence-electron chi connectivity index (χ3n) is 12.2. The number of esters is 1. The van der Waals surface area contributed by atoms with E-state index in [0.29, 0.717) is 186 Å². The highest BCUT2D eigenvalue weighted by Gasteiger charge is 2.38. The van der Waals surface area contributed by atoms with Crippen LogP contribution >= 0.6 is 22.9 Å². The van der Waals surface area contributed by atoms with Gasteiger partial charge in [-0.15, -0.1) is 11.3 Å². The zero-order chi connectivity index (χ0) is 53.4. The van der Waals surface area contributed by atoms with Crippen LogP contribution in [0, 0.1) is 24.0 Å². The van der Waals surface area contributed by atoms with Gasteiger partial charge in [0.2, 0.25) is 11.8 Å². The van der Waals surface area contributed by atoms with Gasteiger partial charge in [-0.3, -0.25) is 29.4 Å². The van der Waals surface area contributed by atoms with Crippen molar-refractivity contribution in [3.8, 4) is 0 Å². The first-order valence-corrected chi connectivity index (χ1v) is 27.2. The van der Waals surface area contributed by atoms with Crippen molar-refractivity contribution in [1.82, 2.24) is 25.0 Å². The smallest absolute Gasteiger partial charge is 0.305 e. The number of amides is 2. The number of ether oxygens (including phenoxy) is 10. The first-order chi connectivity index (χ1) is 35.7. The molecule has 0 aliphatic carbocycles. The molecule has 2 unspecified atom stereocenters. The van der Waals surface area contributed by atoms with Crippen molar-refractivity contribution in [2.24, 2.45) is 0 Å². The Labute approximate surface area is 446 Å². The van der Waals surface area contributed by atoms with E-state index in [1.54, 1.807) is 11.0 Å². The summed E-state index contributed by atoms with van der Waals surface area (Å²) in [6, 6.07) is 4.65. The molecule has 2 aliphatic rings. The molecule has 2 atom stereocenters. The van der Waals surface area contributed by atoms with Crippen LogP contribution in [0.1, 0.15) is 68.3 Å². The van der Waals surface area contributed by atoms with Crippen LogP contribution in [0.25, 0.3) is 0 Å². The Morgan fingerprint density at radius 3 is 1.77 bits per heavy atom. The van der Waals surface area contributed by atoms with Gasteiger partial charge in [-0.1, -0.05) is 23.7 Å². The van der Waals surface area contributed by atoms with E-state index in [9.17, 15) is 24.5 Å². The largest absolute Gasteiger partial charge is 0.466 e. The quantitative estimate of drug-likeness (QED) is 0.0422. The van der Waals surface area contributed by atoms with Crippen LogP contribution in [0.4, 0.5) is 5.69 Å². The van der Waals surface area contributed by atoms with E-state index in [1.807, 2.05) is 30.9 Å². The summed E-state index contributed by atoms with van der Waals surface area (Å²) < 4.78 is 56.1. The van der Waals surface area contributed by atoms with Crippen LogP contribution in [-0.4, -0.2) is 225 Å². The van der Waals surface area contributed by atoms with E-state index in [4.69, 9.17) is 59.0 Å². The van der Waals surface area contributed by atoms with Gasteiger partial charge in [0, 0.05) is 82.5 Å². The number of carbonyl (C=O) groups is 3. The van der Waals surface area contributed by atoms with Crippen LogP contribution in [-0.2, 0) is 74.6 Å². The second-order valence-electron chi connectivity index (χ2n) is 18.9. The SMILES string of the molecule is Cc1ccc(CCCOCCOCCOCCOCCOCCOCCOCCOCCOCCCC(=O)OCCC2CN(C(=O)C3CN(C(C)(C)C)CCN3)CCN2C(=O)Cc2nc(C)c(Cl)s2)c([N+](=O)[O-])c1. The predicted molar refractivity (Wildman–Crippen MR) is 279 cm³/mol. The van der Waals surface area contributed by atoms with Crippen molar-refractivity contribution in [3.63, 3.8) is 0 Å². The molecule has 1 aromatic carbocycles. The molecule has 2 amide bonds. The molecule has 2 aromatic rings. The molecule has 0 radical (unpaired) electrons. The second kappa shape index (κ2) is 36.5. The van der Waals surface area contributed by atoms with Crippen molar-refractivity contribution >= 4 is 46.4 Å². The molecule has 0 saturated carbocycles. The summed E-state index contributed by atoms with van der Waals surface area (Å²) in [7, 11) is 0. The van der Waals surface area contributed by atoms with Gasteiger partial charge in [0.05, 0.1) is 141 Å². The van der Waals surface area contributed by atoms with E-state index in [2.05, 4.69) is 36.0 Å². The number of carbonyl (C=O) groups excluding carboxylic acids is 3. The summed E-state index contributed by atoms with van der Waals surface area (Å²) in [6.45, 7) is 21.6. The lowest BCUT2D eigenvalue weighted by Crippen LogP contribution is -2.64. The third kappa shape index (κ3) is 25.6. The molecule has 21 nitrogen and oxygen atoms in total. The minimum atomic E-state index is -0.341. The van der Waals surface area contributed by atoms with Crippen LogP contribution < -0.4 is 5.32 Å². The average molecular weight is 1090 g/mol. The summed E-state index contributed by atoms with van der Waals surface area (Å²) in [4.78, 5) is 61.3. The van der Waals surface area contributed by atoms with Crippen molar-refractivity contribution in [2.45, 2.75) is 90.8 Å². The first-order valence-electron chi connectivity index (χ1n) is 26.0. The van der Waals surface area contributed by atoms with Crippen molar-refractivity contribution in [2.75, 3.05) is 165 Å². The molecule has 0 spiro atoms. The van der Waals surface area contributed by atoms with E-state index in [-0.39, 0.29) is 65.5 Å². The molecule has 1 aromatic heterocycles. The molecule has 4 rings (SSSR count). The Kier molecular flexibility index (Phi) is 31.1. The molecule has 3 heterocycles. The Hall–Kier alpha value is -3.49. The van der Waals surface area contributed by atoms with E-state index < -0.39 is 0 Å². The predicted octanol–water partition coefficient (Wildman–Crippen LogP) is 4.47. The Morgan fingerprint density at radius 1 is 0.743 bits per heavy atom. The fourth-order valence-electron chi connectivity index (χ4n) is 8.09. The number of piperazine rings is 2. The number of nitrogens with one attached hydrogen (secondary N) is 1. The Balaban J connectivity index is 0.893. The fourth-order valence-corrected chi connectivity index (χ4v) is 9.18. The van der Waals surface area contributed by atoms with E-state index in [1.165, 1.54) is 11.3 Å². The number of hydrogen-bond acceptors (Lipinski definition) is 19. The number of nitro groups is 1. The number of hydrogen-bond donors (Lipinski definition) is 1. The van der Waals surface area contributed by atoms with Gasteiger partial charge in [0.25, 0.3) is 5.69 Å². The zero-order valence-corrected chi connectivity index (χ0v) is 46.0. The van der Waals surface area contributed by atoms with Crippen LogP contribution in [0.5, 0.6) is 0 Å². The zero-order valence-electron chi connectivity index (χ0n) is 44.5. The van der Waals surface area contributed by atoms with Gasteiger partial charge in [0.1, 0.15) is 9.34 Å². The van der Waals surface area contributed by atoms with Gasteiger partial charge in [-0.05, 0) is 59.4 Å². The topological polar surface area (TPSA) is 221 Å². The van der Waals surface area contributed by atoms with Gasteiger partial charge >= 0.3 is 5.97 Å². The van der Waals surface area contributed by atoms with Gasteiger partial charge in [-0.25, -0.2) is 4.98 Å². The minimum absolute atomic E-state index is 0.0238. The van der Waals surface area contributed by atoms with Crippen LogP contribution in [0.2, 0.25) is 4.34 Å². The molecular formula is C51H83ClN6O15S. The minimum Gasteiger partial charge on any atom is -0.466 e. The Morgan fingerprint density at radius 2 is 1.27 bits per heavy atom. The molecule has 2 saturated heterocycles. The lowest BCUT2D eigenvalue weighted by atomic mass is 10.0. The van der Waals surface area contributed by atoms with Crippen molar-refractivity contribution in [1.29, 1.82) is 0 Å². The lowest BCUT2D eigenvalue weighted by Gasteiger charge is -2.45. The maximum Gasteiger partial charge on any atom is 0.305 e. The highest BCUT2D eigenvalue weighted by Crippen LogP contribution is 2.26. The first kappa shape index (κ1) is 63.0. The van der Waals surface area contributed by atoms with Gasteiger partial charge in [0.15, 0.2) is 0 Å². The van der Waals surface area contributed by atoms with Crippen molar-refractivity contribution < 1.29 is 66.7 Å². The molecule has 420 valence electrons. The summed E-state index contributed by atoms with van der Waals surface area (Å²) in [6.07, 6.45) is 2.50. The van der Waals surface area contributed by atoms with Crippen molar-refractivity contribution in [3.05, 3.63) is 54.5 Å². The number of aryl methyl sites for hydroxylation is 3. The summed E-state index contributed by atoms with van der Waals surface area (Å²) in [5.74, 6) is -0.408. The van der Waals surface area contributed by atoms with Crippen LogP contribution in [0.3, 0.4) is 0 Å². The maximum absolute atomic E-state index is 13.8. The molecule has 23 heteroatoms. The monoisotopic (exact) mass is 1090 g/mol. The molecule has 74 heavy (non-hydrogen) atoms. The van der Waals surface area contributed by atoms with Gasteiger partial charge < -0.3 is 62.5 Å². The molecule has 2 fully saturated rings. The highest BCUT2D eigenvalue weighted by molar-refractivity contribution is 7.16. The lowest BCUT2D eigenvalue weighted by molar-refractivity contribution is -0.385. The number of rotatable bonds is 39. The summed E-state index contributed by atoms with van der Waals surface area (Å²) in [5.41, 5.74) is 2.40. The summed E-state index contributed by atoms with van der Waals surface area (Å²) >= 11 is 7.53. The number of aromatic nitrogens is 1. The normalized spacial score (nSPS) is 16.5.